The quantitative estimate of drug-likeness (QED) is 0.134. The molecule has 0 atom stereocenters. The van der Waals surface area contributed by atoms with Crippen molar-refractivity contribution in [1.82, 2.24) is 10.0 Å². The highest BCUT2D eigenvalue weighted by atomic mass is 32.2. The van der Waals surface area contributed by atoms with Crippen LogP contribution in [-0.4, -0.2) is 47.7 Å². The molecule has 0 bridgehead atoms. The first kappa shape index (κ1) is 36.7. The molecule has 4 aromatic carbocycles. The van der Waals surface area contributed by atoms with E-state index in [0.29, 0.717) is 36.8 Å². The van der Waals surface area contributed by atoms with Crippen molar-refractivity contribution in [2.75, 3.05) is 19.6 Å². The minimum Gasteiger partial charge on any atom is -0.465 e. The molecular weight excluding hydrogens is 661 g/mol. The second-order valence-corrected chi connectivity index (χ2v) is 16.9. The lowest BCUT2D eigenvalue weighted by Crippen LogP contribution is -2.34. The molecule has 12 heteroatoms. The minimum absolute atomic E-state index is 0.275. The highest BCUT2D eigenvalue weighted by molar-refractivity contribution is 7.89. The average molecular weight is 709 g/mol. The number of hydrogen-bond acceptors (Lipinski definition) is 6. The summed E-state index contributed by atoms with van der Waals surface area (Å²) in [5, 5.41) is 20.5. The van der Waals surface area contributed by atoms with Gasteiger partial charge in [-0.3, -0.25) is 0 Å². The lowest BCUT2D eigenvalue weighted by molar-refractivity contribution is 0.188. The normalized spacial score (nSPS) is 21.5. The molecular formula is C37H48N4O6S2. The number of fused-ring (bicyclic) bond motifs is 2. The van der Waals surface area contributed by atoms with Crippen molar-refractivity contribution in [3.8, 4) is 0 Å². The number of primary sulfonamides is 1. The van der Waals surface area contributed by atoms with Gasteiger partial charge in [-0.05, 0) is 133 Å². The largest absolute Gasteiger partial charge is 0.465 e. The fourth-order valence-electron chi connectivity index (χ4n) is 7.27. The smallest absolute Gasteiger partial charge is 0.404 e. The van der Waals surface area contributed by atoms with Gasteiger partial charge >= 0.3 is 6.09 Å². The maximum Gasteiger partial charge on any atom is 0.404 e. The van der Waals surface area contributed by atoms with Crippen LogP contribution in [-0.2, 0) is 26.5 Å². The maximum absolute atomic E-state index is 12.6. The zero-order valence-corrected chi connectivity index (χ0v) is 29.4. The maximum atomic E-state index is 12.6. The average Bonchev–Trinajstić information content (AvgIpc) is 3.10. The van der Waals surface area contributed by atoms with Crippen molar-refractivity contribution >= 4 is 47.7 Å². The first-order valence-corrected chi connectivity index (χ1v) is 20.1. The Morgan fingerprint density at radius 1 is 0.694 bits per heavy atom. The number of nitrogens with one attached hydrogen (secondary N) is 2. The van der Waals surface area contributed by atoms with E-state index in [1.807, 2.05) is 60.7 Å². The SMILES string of the molecule is NCC1CCC(Cc2c(S(N)(=O)=O)ccc3ccccc23)CC1.O=C(O)NCC1CCC(CNS(=O)(=O)c2ccc3ccccc3c2)CC1. The number of carboxylic acid groups (broad SMARTS) is 1. The lowest BCUT2D eigenvalue weighted by Gasteiger charge is -2.28. The van der Waals surface area contributed by atoms with Gasteiger partial charge in [0.05, 0.1) is 9.79 Å². The molecule has 2 aliphatic rings. The van der Waals surface area contributed by atoms with Crippen molar-refractivity contribution < 1.29 is 26.7 Å². The van der Waals surface area contributed by atoms with E-state index in [0.717, 1.165) is 91.4 Å². The Balaban J connectivity index is 0.000000192. The van der Waals surface area contributed by atoms with Crippen LogP contribution in [0.5, 0.6) is 0 Å². The van der Waals surface area contributed by atoms with E-state index in [9.17, 15) is 21.6 Å². The van der Waals surface area contributed by atoms with Crippen molar-refractivity contribution in [2.24, 2.45) is 34.5 Å². The van der Waals surface area contributed by atoms with E-state index in [2.05, 4.69) is 10.0 Å². The fraction of sp³-hybridized carbons (Fsp3) is 0.432. The predicted molar refractivity (Wildman–Crippen MR) is 194 cm³/mol. The molecule has 1 amide bonds. The molecule has 2 fully saturated rings. The highest BCUT2D eigenvalue weighted by Gasteiger charge is 2.25. The summed E-state index contributed by atoms with van der Waals surface area (Å²) in [6, 6.07) is 24.2. The summed E-state index contributed by atoms with van der Waals surface area (Å²) in [4.78, 5) is 11.1. The third kappa shape index (κ3) is 10.0. The number of hydrogen-bond donors (Lipinski definition) is 5. The Labute approximate surface area is 289 Å². The van der Waals surface area contributed by atoms with E-state index in [1.54, 1.807) is 18.2 Å². The number of benzene rings is 4. The van der Waals surface area contributed by atoms with Gasteiger partial charge < -0.3 is 16.2 Å². The fourth-order valence-corrected chi connectivity index (χ4v) is 9.22. The monoisotopic (exact) mass is 708 g/mol. The number of rotatable bonds is 10. The molecule has 2 saturated carbocycles. The first-order valence-electron chi connectivity index (χ1n) is 17.1. The van der Waals surface area contributed by atoms with E-state index >= 15 is 0 Å². The number of carbonyl (C=O) groups is 1. The first-order chi connectivity index (χ1) is 23.4. The number of amides is 1. The van der Waals surface area contributed by atoms with Gasteiger partial charge in [0, 0.05) is 13.1 Å². The molecule has 2 aliphatic carbocycles. The van der Waals surface area contributed by atoms with Crippen molar-refractivity contribution in [3.05, 3.63) is 84.4 Å². The third-order valence-corrected chi connectivity index (χ3v) is 12.6. The predicted octanol–water partition coefficient (Wildman–Crippen LogP) is 5.99. The van der Waals surface area contributed by atoms with Crippen LogP contribution in [0.2, 0.25) is 0 Å². The van der Waals surface area contributed by atoms with Gasteiger partial charge in [-0.15, -0.1) is 0 Å². The second-order valence-electron chi connectivity index (χ2n) is 13.6. The van der Waals surface area contributed by atoms with Crippen LogP contribution in [0.25, 0.3) is 21.5 Å². The van der Waals surface area contributed by atoms with Gasteiger partial charge in [-0.25, -0.2) is 31.5 Å². The molecule has 0 unspecified atom stereocenters. The molecule has 4 aromatic rings. The van der Waals surface area contributed by atoms with Gasteiger partial charge in [0.2, 0.25) is 20.0 Å². The molecule has 10 nitrogen and oxygen atoms in total. The van der Waals surface area contributed by atoms with Crippen LogP contribution in [0.4, 0.5) is 4.79 Å². The molecule has 6 rings (SSSR count). The topological polar surface area (TPSA) is 182 Å². The lowest BCUT2D eigenvalue weighted by atomic mass is 9.79. The Kier molecular flexibility index (Phi) is 12.3. The summed E-state index contributed by atoms with van der Waals surface area (Å²) in [5.74, 6) is 1.77. The van der Waals surface area contributed by atoms with E-state index in [4.69, 9.17) is 16.0 Å². The second kappa shape index (κ2) is 16.4. The Hall–Kier alpha value is -3.55. The summed E-state index contributed by atoms with van der Waals surface area (Å²) < 4.78 is 51.9. The van der Waals surface area contributed by atoms with Crippen molar-refractivity contribution in [3.63, 3.8) is 0 Å². The van der Waals surface area contributed by atoms with Crippen LogP contribution in [0.3, 0.4) is 0 Å². The summed E-state index contributed by atoms with van der Waals surface area (Å²) in [5.41, 5.74) is 6.64. The van der Waals surface area contributed by atoms with Gasteiger partial charge in [-0.1, -0.05) is 60.7 Å². The van der Waals surface area contributed by atoms with Crippen LogP contribution < -0.4 is 20.9 Å². The molecule has 0 heterocycles. The van der Waals surface area contributed by atoms with Crippen LogP contribution in [0, 0.1) is 23.7 Å². The minimum atomic E-state index is -3.71. The van der Waals surface area contributed by atoms with Crippen molar-refractivity contribution in [1.29, 1.82) is 0 Å². The van der Waals surface area contributed by atoms with Gasteiger partial charge in [-0.2, -0.15) is 0 Å². The Morgan fingerprint density at radius 2 is 1.24 bits per heavy atom. The van der Waals surface area contributed by atoms with E-state index in [-0.39, 0.29) is 9.79 Å². The Bertz CT molecular complexity index is 1950. The summed E-state index contributed by atoms with van der Waals surface area (Å²) >= 11 is 0. The van der Waals surface area contributed by atoms with Crippen LogP contribution in [0.1, 0.15) is 56.9 Å². The zero-order chi connectivity index (χ0) is 35.0. The summed E-state index contributed by atoms with van der Waals surface area (Å²) in [6.07, 6.45) is 7.92. The van der Waals surface area contributed by atoms with Gasteiger partial charge in [0.1, 0.15) is 0 Å². The van der Waals surface area contributed by atoms with E-state index in [1.165, 1.54) is 0 Å². The molecule has 49 heavy (non-hydrogen) atoms. The number of nitrogens with two attached hydrogens (primary N) is 2. The van der Waals surface area contributed by atoms with Gasteiger partial charge in [0.15, 0.2) is 0 Å². The Morgan fingerprint density at radius 3 is 1.88 bits per heavy atom. The highest BCUT2D eigenvalue weighted by Crippen LogP contribution is 2.35. The van der Waals surface area contributed by atoms with Gasteiger partial charge in [0.25, 0.3) is 0 Å². The molecule has 0 saturated heterocycles. The zero-order valence-electron chi connectivity index (χ0n) is 27.8. The summed E-state index contributed by atoms with van der Waals surface area (Å²) in [7, 11) is -7.24. The molecule has 0 aromatic heterocycles. The molecule has 0 radical (unpaired) electrons. The standard InChI is InChI=1S/C19H24N2O4S.C18H24N2O2S/c22-19(23)20-12-14-5-7-15(8-6-14)13-21-26(24,25)18-10-9-16-3-1-2-4-17(16)11-18;19-12-14-7-5-13(6-8-14)11-17-16-4-2-1-3-15(16)9-10-18(17)23(20,21)22/h1-4,9-11,14-15,20-21H,5-8,12-13H2,(H,22,23);1-4,9-10,13-14H,5-8,11-12,19H2,(H2,20,21,22). The third-order valence-electron chi connectivity index (χ3n) is 10.2. The van der Waals surface area contributed by atoms with E-state index < -0.39 is 26.1 Å². The van der Waals surface area contributed by atoms with Crippen LogP contribution in [0.15, 0.2) is 88.7 Å². The molecule has 7 N–H and O–H groups in total. The van der Waals surface area contributed by atoms with Crippen molar-refractivity contribution in [2.45, 2.75) is 67.6 Å². The number of sulfonamides is 2. The molecule has 264 valence electrons. The molecule has 0 aliphatic heterocycles. The molecule has 0 spiro atoms. The summed E-state index contributed by atoms with van der Waals surface area (Å²) in [6.45, 7) is 1.66. The van der Waals surface area contributed by atoms with Crippen LogP contribution >= 0.6 is 0 Å².